The summed E-state index contributed by atoms with van der Waals surface area (Å²) in [5.74, 6) is -0.989. The van der Waals surface area contributed by atoms with E-state index >= 15 is 0 Å². The average Bonchev–Trinajstić information content (AvgIpc) is 2.76. The van der Waals surface area contributed by atoms with Crippen LogP contribution in [0, 0.1) is 6.92 Å². The highest BCUT2D eigenvalue weighted by atomic mass is 35.5. The van der Waals surface area contributed by atoms with Gasteiger partial charge in [0.05, 0.1) is 27.7 Å². The van der Waals surface area contributed by atoms with Crippen LogP contribution in [0.3, 0.4) is 0 Å². The molecule has 0 spiro atoms. The van der Waals surface area contributed by atoms with Gasteiger partial charge in [-0.05, 0) is 68.4 Å². The van der Waals surface area contributed by atoms with Crippen molar-refractivity contribution in [1.29, 1.82) is 0 Å². The number of carbonyl (C=O) groups excluding carboxylic acids is 2. The van der Waals surface area contributed by atoms with E-state index in [1.165, 1.54) is 42.5 Å². The molecule has 0 atom stereocenters. The van der Waals surface area contributed by atoms with E-state index < -0.39 is 21.9 Å². The number of halogens is 1. The number of anilines is 2. The number of ether oxygens (including phenoxy) is 1. The molecule has 3 aromatic carbocycles. The predicted molar refractivity (Wildman–Crippen MR) is 124 cm³/mol. The van der Waals surface area contributed by atoms with Gasteiger partial charge >= 0.3 is 5.97 Å². The summed E-state index contributed by atoms with van der Waals surface area (Å²) in [6, 6.07) is 16.8. The normalized spacial score (nSPS) is 11.0. The highest BCUT2D eigenvalue weighted by Gasteiger charge is 2.17. The summed E-state index contributed by atoms with van der Waals surface area (Å²) < 4.78 is 32.6. The van der Waals surface area contributed by atoms with Crippen molar-refractivity contribution in [3.05, 3.63) is 88.4 Å². The molecule has 166 valence electrons. The van der Waals surface area contributed by atoms with Crippen LogP contribution < -0.4 is 10.0 Å². The SMILES string of the molecule is CCOC(=O)c1ccc(NC(=O)c2cc(NS(=O)(=O)c3ccc(C)cc3)ccc2Cl)cc1. The molecule has 0 aliphatic carbocycles. The summed E-state index contributed by atoms with van der Waals surface area (Å²) in [6.07, 6.45) is 0. The molecule has 9 heteroatoms. The van der Waals surface area contributed by atoms with Crippen molar-refractivity contribution in [2.24, 2.45) is 0 Å². The molecule has 2 N–H and O–H groups in total. The first-order valence-corrected chi connectivity index (χ1v) is 11.5. The van der Waals surface area contributed by atoms with Crippen molar-refractivity contribution in [3.63, 3.8) is 0 Å². The number of aryl methyl sites for hydroxylation is 1. The van der Waals surface area contributed by atoms with E-state index in [0.717, 1.165) is 5.56 Å². The lowest BCUT2D eigenvalue weighted by Crippen LogP contribution is -2.15. The molecule has 0 bridgehead atoms. The number of amides is 1. The van der Waals surface area contributed by atoms with Crippen LogP contribution in [0.25, 0.3) is 0 Å². The van der Waals surface area contributed by atoms with Crippen LogP contribution in [-0.2, 0) is 14.8 Å². The highest BCUT2D eigenvalue weighted by molar-refractivity contribution is 7.92. The van der Waals surface area contributed by atoms with Crippen molar-refractivity contribution in [2.75, 3.05) is 16.6 Å². The van der Waals surface area contributed by atoms with Crippen LogP contribution in [-0.4, -0.2) is 26.9 Å². The zero-order valence-corrected chi connectivity index (χ0v) is 19.0. The van der Waals surface area contributed by atoms with Gasteiger partial charge in [-0.3, -0.25) is 9.52 Å². The van der Waals surface area contributed by atoms with E-state index in [2.05, 4.69) is 10.0 Å². The summed E-state index contributed by atoms with van der Waals surface area (Å²) >= 11 is 6.17. The lowest BCUT2D eigenvalue weighted by atomic mass is 10.1. The Kier molecular flexibility index (Phi) is 7.17. The van der Waals surface area contributed by atoms with Gasteiger partial charge in [0.1, 0.15) is 0 Å². The zero-order valence-electron chi connectivity index (χ0n) is 17.4. The Morgan fingerprint density at radius 2 is 1.56 bits per heavy atom. The fourth-order valence-corrected chi connectivity index (χ4v) is 4.05. The van der Waals surface area contributed by atoms with Gasteiger partial charge in [-0.15, -0.1) is 0 Å². The second-order valence-electron chi connectivity index (χ2n) is 6.87. The van der Waals surface area contributed by atoms with E-state index in [0.29, 0.717) is 11.3 Å². The monoisotopic (exact) mass is 472 g/mol. The van der Waals surface area contributed by atoms with Gasteiger partial charge in [0, 0.05) is 11.4 Å². The van der Waals surface area contributed by atoms with Crippen molar-refractivity contribution >= 4 is 44.9 Å². The van der Waals surface area contributed by atoms with Gasteiger partial charge in [-0.2, -0.15) is 0 Å². The van der Waals surface area contributed by atoms with Gasteiger partial charge < -0.3 is 10.1 Å². The second kappa shape index (κ2) is 9.84. The quantitative estimate of drug-likeness (QED) is 0.477. The van der Waals surface area contributed by atoms with Crippen LogP contribution in [0.1, 0.15) is 33.2 Å². The highest BCUT2D eigenvalue weighted by Crippen LogP contribution is 2.24. The molecule has 0 heterocycles. The third-order valence-corrected chi connectivity index (χ3v) is 6.18. The van der Waals surface area contributed by atoms with Gasteiger partial charge in [-0.1, -0.05) is 29.3 Å². The Balaban J connectivity index is 1.77. The number of benzene rings is 3. The van der Waals surface area contributed by atoms with Crippen molar-refractivity contribution in [3.8, 4) is 0 Å². The third-order valence-electron chi connectivity index (χ3n) is 4.45. The Bertz CT molecular complexity index is 1240. The van der Waals surface area contributed by atoms with E-state index in [1.54, 1.807) is 31.2 Å². The summed E-state index contributed by atoms with van der Waals surface area (Å²) in [5, 5.41) is 2.83. The molecule has 1 amide bonds. The number of nitrogens with one attached hydrogen (secondary N) is 2. The molecule has 0 aromatic heterocycles. The minimum atomic E-state index is -3.83. The van der Waals surface area contributed by atoms with E-state index in [-0.39, 0.29) is 27.8 Å². The van der Waals surface area contributed by atoms with Crippen molar-refractivity contribution < 1.29 is 22.7 Å². The Morgan fingerprint density at radius 1 is 0.938 bits per heavy atom. The van der Waals surface area contributed by atoms with Crippen LogP contribution in [0.15, 0.2) is 71.6 Å². The van der Waals surface area contributed by atoms with Crippen LogP contribution in [0.4, 0.5) is 11.4 Å². The molecule has 0 saturated carbocycles. The lowest BCUT2D eigenvalue weighted by molar-refractivity contribution is 0.0526. The Morgan fingerprint density at radius 3 is 2.19 bits per heavy atom. The number of rotatable bonds is 7. The number of esters is 1. The summed E-state index contributed by atoms with van der Waals surface area (Å²) in [5.41, 5.74) is 2.01. The molecule has 0 saturated heterocycles. The Labute approximate surface area is 191 Å². The topological polar surface area (TPSA) is 102 Å². The fraction of sp³-hybridized carbons (Fsp3) is 0.130. The molecule has 0 aliphatic heterocycles. The molecule has 0 unspecified atom stereocenters. The number of carbonyl (C=O) groups is 2. The maximum atomic E-state index is 12.7. The molecular weight excluding hydrogens is 452 g/mol. The third kappa shape index (κ3) is 5.66. The van der Waals surface area contributed by atoms with Crippen LogP contribution in [0.5, 0.6) is 0 Å². The van der Waals surface area contributed by atoms with E-state index in [9.17, 15) is 18.0 Å². The Hall–Kier alpha value is -3.36. The molecule has 0 radical (unpaired) electrons. The van der Waals surface area contributed by atoms with Crippen LogP contribution in [0.2, 0.25) is 5.02 Å². The van der Waals surface area contributed by atoms with E-state index in [4.69, 9.17) is 16.3 Å². The summed E-state index contributed by atoms with van der Waals surface area (Å²) in [6.45, 7) is 3.84. The van der Waals surface area contributed by atoms with Crippen molar-refractivity contribution in [2.45, 2.75) is 18.7 Å². The second-order valence-corrected chi connectivity index (χ2v) is 8.95. The van der Waals surface area contributed by atoms with Gasteiger partial charge in [0.2, 0.25) is 0 Å². The average molecular weight is 473 g/mol. The first-order valence-electron chi connectivity index (χ1n) is 9.67. The zero-order chi connectivity index (χ0) is 23.3. The molecule has 0 aliphatic rings. The number of hydrogen-bond acceptors (Lipinski definition) is 5. The van der Waals surface area contributed by atoms with Gasteiger partial charge in [0.15, 0.2) is 0 Å². The minimum Gasteiger partial charge on any atom is -0.462 e. The molecule has 3 aromatic rings. The predicted octanol–water partition coefficient (Wildman–Crippen LogP) is 4.88. The molecule has 32 heavy (non-hydrogen) atoms. The fourth-order valence-electron chi connectivity index (χ4n) is 2.80. The standard InChI is InChI=1S/C23H21ClN2O5S/c1-3-31-23(28)16-6-8-17(9-7-16)25-22(27)20-14-18(10-13-21(20)24)26-32(29,30)19-11-4-15(2)5-12-19/h4-14,26H,3H2,1-2H3,(H,25,27). The lowest BCUT2D eigenvalue weighted by Gasteiger charge is -2.12. The smallest absolute Gasteiger partial charge is 0.338 e. The number of sulfonamides is 1. The maximum Gasteiger partial charge on any atom is 0.338 e. The van der Waals surface area contributed by atoms with Gasteiger partial charge in [0.25, 0.3) is 15.9 Å². The molecule has 0 fully saturated rings. The van der Waals surface area contributed by atoms with Gasteiger partial charge in [-0.25, -0.2) is 13.2 Å². The molecule has 7 nitrogen and oxygen atoms in total. The van der Waals surface area contributed by atoms with Crippen LogP contribution >= 0.6 is 11.6 Å². The minimum absolute atomic E-state index is 0.0882. The molecule has 3 rings (SSSR count). The number of hydrogen-bond donors (Lipinski definition) is 2. The largest absolute Gasteiger partial charge is 0.462 e. The van der Waals surface area contributed by atoms with Crippen molar-refractivity contribution in [1.82, 2.24) is 0 Å². The first kappa shape index (κ1) is 23.3. The molecular formula is C23H21ClN2O5S. The summed E-state index contributed by atoms with van der Waals surface area (Å²) in [7, 11) is -3.83. The van der Waals surface area contributed by atoms with E-state index in [1.807, 2.05) is 6.92 Å². The maximum absolute atomic E-state index is 12.7. The first-order chi connectivity index (χ1) is 15.2. The summed E-state index contributed by atoms with van der Waals surface area (Å²) in [4.78, 5) is 24.6.